The number of piperazine rings is 1. The molecule has 1 aliphatic heterocycles. The maximum absolute atomic E-state index is 12.9. The quantitative estimate of drug-likeness (QED) is 0.711. The molecule has 1 amide bonds. The van der Waals surface area contributed by atoms with Gasteiger partial charge in [-0.05, 0) is 44.5 Å². The van der Waals surface area contributed by atoms with E-state index >= 15 is 0 Å². The summed E-state index contributed by atoms with van der Waals surface area (Å²) in [5.74, 6) is 0.474. The first-order valence-corrected chi connectivity index (χ1v) is 10.5. The lowest BCUT2D eigenvalue weighted by atomic mass is 10.2. The summed E-state index contributed by atoms with van der Waals surface area (Å²) >= 11 is 1.39. The Hall–Kier alpha value is -3.00. The largest absolute Gasteiger partial charge is 0.368 e. The molecule has 1 aromatic carbocycles. The first kappa shape index (κ1) is 19.3. The van der Waals surface area contributed by atoms with Crippen LogP contribution in [-0.4, -0.2) is 51.9 Å². The van der Waals surface area contributed by atoms with Crippen LogP contribution in [0.15, 0.2) is 35.7 Å². The summed E-state index contributed by atoms with van der Waals surface area (Å²) in [5.41, 5.74) is 4.70. The Morgan fingerprint density at radius 3 is 2.41 bits per heavy atom. The number of carbonyl (C=O) groups excluding carboxylic acids is 1. The Labute approximate surface area is 174 Å². The highest BCUT2D eigenvalue weighted by Crippen LogP contribution is 2.22. The van der Waals surface area contributed by atoms with Crippen LogP contribution in [0.3, 0.4) is 0 Å². The first-order chi connectivity index (χ1) is 14.0. The lowest BCUT2D eigenvalue weighted by Crippen LogP contribution is -2.48. The van der Waals surface area contributed by atoms with Crippen LogP contribution in [0.1, 0.15) is 27.4 Å². The molecule has 3 aromatic rings. The standard InChI is InChI=1S/C21H24N6OS/c1-14-5-4-6-17(11-14)26-7-9-27(10-8-26)19(28)18-13-29-21(24-18)25-20-22-15(2)12-16(3)23-20/h4-6,11-13H,7-10H2,1-3H3,(H,22,23,24,25). The maximum atomic E-state index is 12.9. The highest BCUT2D eigenvalue weighted by atomic mass is 32.1. The summed E-state index contributed by atoms with van der Waals surface area (Å²) in [6.07, 6.45) is 0. The van der Waals surface area contributed by atoms with Crippen LogP contribution in [-0.2, 0) is 0 Å². The number of nitrogens with zero attached hydrogens (tertiary/aromatic N) is 5. The number of nitrogens with one attached hydrogen (secondary N) is 1. The molecule has 150 valence electrons. The Morgan fingerprint density at radius 2 is 1.72 bits per heavy atom. The van der Waals surface area contributed by atoms with Crippen molar-refractivity contribution in [3.8, 4) is 0 Å². The van der Waals surface area contributed by atoms with Gasteiger partial charge in [-0.2, -0.15) is 0 Å². The molecule has 8 heteroatoms. The third-order valence-electron chi connectivity index (χ3n) is 4.86. The molecule has 29 heavy (non-hydrogen) atoms. The summed E-state index contributed by atoms with van der Waals surface area (Å²) in [4.78, 5) is 30.2. The molecule has 0 radical (unpaired) electrons. The van der Waals surface area contributed by atoms with E-state index in [1.54, 1.807) is 5.38 Å². The van der Waals surface area contributed by atoms with E-state index in [0.29, 0.717) is 29.9 Å². The first-order valence-electron chi connectivity index (χ1n) is 9.64. The van der Waals surface area contributed by atoms with Crippen molar-refractivity contribution < 1.29 is 4.79 Å². The van der Waals surface area contributed by atoms with Gasteiger partial charge in [0, 0.05) is 48.6 Å². The molecule has 3 heterocycles. The molecule has 0 unspecified atom stereocenters. The number of benzene rings is 1. The van der Waals surface area contributed by atoms with Crippen molar-refractivity contribution in [3.63, 3.8) is 0 Å². The fourth-order valence-corrected chi connectivity index (χ4v) is 4.14. The summed E-state index contributed by atoms with van der Waals surface area (Å²) in [6, 6.07) is 10.4. The molecule has 0 spiro atoms. The summed E-state index contributed by atoms with van der Waals surface area (Å²) < 4.78 is 0. The Morgan fingerprint density at radius 1 is 1.00 bits per heavy atom. The van der Waals surface area contributed by atoms with E-state index in [1.807, 2.05) is 24.8 Å². The molecule has 1 aliphatic rings. The van der Waals surface area contributed by atoms with Crippen LogP contribution in [0.4, 0.5) is 16.8 Å². The molecule has 0 saturated carbocycles. The average molecular weight is 409 g/mol. The predicted octanol–water partition coefficient (Wildman–Crippen LogP) is 3.56. The second kappa shape index (κ2) is 8.16. The van der Waals surface area contributed by atoms with Crippen molar-refractivity contribution in [3.05, 3.63) is 58.4 Å². The van der Waals surface area contributed by atoms with Gasteiger partial charge in [-0.3, -0.25) is 4.79 Å². The van der Waals surface area contributed by atoms with Gasteiger partial charge >= 0.3 is 0 Å². The van der Waals surface area contributed by atoms with Gasteiger partial charge in [-0.1, -0.05) is 12.1 Å². The van der Waals surface area contributed by atoms with Crippen LogP contribution < -0.4 is 10.2 Å². The molecule has 1 saturated heterocycles. The molecule has 0 atom stereocenters. The number of anilines is 3. The molecule has 0 aliphatic carbocycles. The Balaban J connectivity index is 1.38. The van der Waals surface area contributed by atoms with Crippen molar-refractivity contribution >= 4 is 34.0 Å². The zero-order valence-electron chi connectivity index (χ0n) is 16.8. The summed E-state index contributed by atoms with van der Waals surface area (Å²) in [7, 11) is 0. The molecule has 7 nitrogen and oxygen atoms in total. The number of hydrogen-bond donors (Lipinski definition) is 1. The Bertz CT molecular complexity index is 1010. The molecular formula is C21H24N6OS. The number of thiazole rings is 1. The minimum Gasteiger partial charge on any atom is -0.368 e. The van der Waals surface area contributed by atoms with Crippen LogP contribution >= 0.6 is 11.3 Å². The minimum atomic E-state index is -0.0282. The molecule has 4 rings (SSSR count). The Kier molecular flexibility index (Phi) is 5.44. The van der Waals surface area contributed by atoms with Crippen molar-refractivity contribution in [2.24, 2.45) is 0 Å². The summed E-state index contributed by atoms with van der Waals surface area (Å²) in [5, 5.41) is 5.52. The SMILES string of the molecule is Cc1cccc(N2CCN(C(=O)c3csc(Nc4nc(C)cc(C)n4)n3)CC2)c1. The number of hydrogen-bond acceptors (Lipinski definition) is 7. The van der Waals surface area contributed by atoms with Crippen LogP contribution in [0.5, 0.6) is 0 Å². The molecule has 0 bridgehead atoms. The van der Waals surface area contributed by atoms with Gasteiger partial charge in [0.05, 0.1) is 0 Å². The number of aryl methyl sites for hydroxylation is 3. The lowest BCUT2D eigenvalue weighted by molar-refractivity contribution is 0.0742. The maximum Gasteiger partial charge on any atom is 0.273 e. The van der Waals surface area contributed by atoms with Gasteiger partial charge in [-0.15, -0.1) is 11.3 Å². The van der Waals surface area contributed by atoms with Crippen molar-refractivity contribution in [2.45, 2.75) is 20.8 Å². The number of rotatable bonds is 4. The predicted molar refractivity (Wildman–Crippen MR) is 116 cm³/mol. The monoisotopic (exact) mass is 408 g/mol. The lowest BCUT2D eigenvalue weighted by Gasteiger charge is -2.36. The van der Waals surface area contributed by atoms with Gasteiger partial charge in [0.15, 0.2) is 5.13 Å². The zero-order valence-corrected chi connectivity index (χ0v) is 17.7. The van der Waals surface area contributed by atoms with E-state index in [1.165, 1.54) is 22.6 Å². The second-order valence-electron chi connectivity index (χ2n) is 7.26. The fraction of sp³-hybridized carbons (Fsp3) is 0.333. The molecule has 1 fully saturated rings. The van der Waals surface area contributed by atoms with Gasteiger partial charge in [0.2, 0.25) is 5.95 Å². The van der Waals surface area contributed by atoms with Gasteiger partial charge in [0.1, 0.15) is 5.69 Å². The van der Waals surface area contributed by atoms with Gasteiger partial charge in [-0.25, -0.2) is 15.0 Å². The van der Waals surface area contributed by atoms with Crippen molar-refractivity contribution in [1.82, 2.24) is 19.9 Å². The van der Waals surface area contributed by atoms with Crippen LogP contribution in [0.2, 0.25) is 0 Å². The molecule has 1 N–H and O–H groups in total. The normalized spacial score (nSPS) is 14.2. The molecular weight excluding hydrogens is 384 g/mol. The highest BCUT2D eigenvalue weighted by Gasteiger charge is 2.24. The number of amides is 1. The molecule has 2 aromatic heterocycles. The average Bonchev–Trinajstić information content (AvgIpc) is 3.15. The minimum absolute atomic E-state index is 0.0282. The van der Waals surface area contributed by atoms with Crippen LogP contribution in [0, 0.1) is 20.8 Å². The summed E-state index contributed by atoms with van der Waals surface area (Å²) in [6.45, 7) is 8.96. The third kappa shape index (κ3) is 4.54. The van der Waals surface area contributed by atoms with E-state index in [4.69, 9.17) is 0 Å². The van der Waals surface area contributed by atoms with Crippen LogP contribution in [0.25, 0.3) is 0 Å². The van der Waals surface area contributed by atoms with E-state index in [0.717, 1.165) is 24.5 Å². The smallest absolute Gasteiger partial charge is 0.273 e. The van der Waals surface area contributed by atoms with E-state index in [-0.39, 0.29) is 5.91 Å². The second-order valence-corrected chi connectivity index (χ2v) is 8.11. The van der Waals surface area contributed by atoms with E-state index in [2.05, 4.69) is 56.4 Å². The third-order valence-corrected chi connectivity index (χ3v) is 5.62. The fourth-order valence-electron chi connectivity index (χ4n) is 3.46. The number of carbonyl (C=O) groups is 1. The van der Waals surface area contributed by atoms with E-state index < -0.39 is 0 Å². The van der Waals surface area contributed by atoms with Crippen molar-refractivity contribution in [2.75, 3.05) is 36.4 Å². The zero-order chi connectivity index (χ0) is 20.4. The highest BCUT2D eigenvalue weighted by molar-refractivity contribution is 7.14. The van der Waals surface area contributed by atoms with Gasteiger partial charge < -0.3 is 15.1 Å². The number of aromatic nitrogens is 3. The van der Waals surface area contributed by atoms with Crippen molar-refractivity contribution in [1.29, 1.82) is 0 Å². The van der Waals surface area contributed by atoms with E-state index in [9.17, 15) is 4.79 Å². The topological polar surface area (TPSA) is 74.2 Å². The van der Waals surface area contributed by atoms with Gasteiger partial charge in [0.25, 0.3) is 5.91 Å².